The number of allylic oxidation sites excluding steroid dienone is 1. The number of hydrogen-bond acceptors (Lipinski definition) is 2. The molecule has 0 radical (unpaired) electrons. The van der Waals surface area contributed by atoms with E-state index in [-0.39, 0.29) is 0 Å². The lowest BCUT2D eigenvalue weighted by atomic mass is 10.0. The van der Waals surface area contributed by atoms with Gasteiger partial charge in [0, 0.05) is 19.2 Å². The van der Waals surface area contributed by atoms with E-state index in [2.05, 4.69) is 18.8 Å². The van der Waals surface area contributed by atoms with Crippen molar-refractivity contribution in [1.29, 1.82) is 0 Å². The van der Waals surface area contributed by atoms with E-state index in [9.17, 15) is 4.79 Å². The van der Waals surface area contributed by atoms with Gasteiger partial charge in [-0.25, -0.2) is 0 Å². The first-order valence-electron chi connectivity index (χ1n) is 3.52. The number of carbonyl (C=O) groups is 1. The molecule has 0 spiro atoms. The molecule has 1 unspecified atom stereocenters. The SMILES string of the molecule is C=C(NC)C(C)CCC=O. The molecule has 1 atom stereocenters. The van der Waals surface area contributed by atoms with Crippen LogP contribution in [0.15, 0.2) is 12.3 Å². The summed E-state index contributed by atoms with van der Waals surface area (Å²) in [6.45, 7) is 5.86. The van der Waals surface area contributed by atoms with E-state index in [0.29, 0.717) is 12.3 Å². The molecule has 1 N–H and O–H groups in total. The summed E-state index contributed by atoms with van der Waals surface area (Å²) in [6, 6.07) is 0. The maximum Gasteiger partial charge on any atom is 0.120 e. The van der Waals surface area contributed by atoms with Crippen LogP contribution in [0.25, 0.3) is 0 Å². The van der Waals surface area contributed by atoms with Crippen molar-refractivity contribution in [1.82, 2.24) is 5.32 Å². The maximum absolute atomic E-state index is 9.97. The van der Waals surface area contributed by atoms with E-state index < -0.39 is 0 Å². The summed E-state index contributed by atoms with van der Waals surface area (Å²) in [6.07, 6.45) is 2.46. The van der Waals surface area contributed by atoms with Crippen LogP contribution in [0.1, 0.15) is 19.8 Å². The fraction of sp³-hybridized carbons (Fsp3) is 0.625. The Bertz CT molecular complexity index is 120. The third-order valence-corrected chi connectivity index (χ3v) is 1.63. The van der Waals surface area contributed by atoms with Gasteiger partial charge in [0.2, 0.25) is 0 Å². The lowest BCUT2D eigenvalue weighted by Gasteiger charge is -2.11. The third-order valence-electron chi connectivity index (χ3n) is 1.63. The highest BCUT2D eigenvalue weighted by Crippen LogP contribution is 2.10. The van der Waals surface area contributed by atoms with Gasteiger partial charge in [0.05, 0.1) is 0 Å². The first-order valence-corrected chi connectivity index (χ1v) is 3.52. The summed E-state index contributed by atoms with van der Waals surface area (Å²) in [5, 5.41) is 2.96. The lowest BCUT2D eigenvalue weighted by molar-refractivity contribution is -0.108. The first kappa shape index (κ1) is 9.21. The highest BCUT2D eigenvalue weighted by atomic mass is 16.1. The molecule has 0 aliphatic rings. The van der Waals surface area contributed by atoms with Gasteiger partial charge in [0.15, 0.2) is 0 Å². The molecule has 0 amide bonds. The molecule has 0 rings (SSSR count). The largest absolute Gasteiger partial charge is 0.392 e. The second-order valence-corrected chi connectivity index (χ2v) is 2.42. The predicted octanol–water partition coefficient (Wildman–Crippen LogP) is 1.33. The van der Waals surface area contributed by atoms with Gasteiger partial charge >= 0.3 is 0 Å². The Morgan fingerprint density at radius 3 is 2.80 bits per heavy atom. The molecular formula is C8H15NO. The second kappa shape index (κ2) is 5.03. The Morgan fingerprint density at radius 1 is 1.80 bits per heavy atom. The summed E-state index contributed by atoms with van der Waals surface area (Å²) < 4.78 is 0. The van der Waals surface area contributed by atoms with Gasteiger partial charge in [0.25, 0.3) is 0 Å². The fourth-order valence-electron chi connectivity index (χ4n) is 0.739. The molecule has 0 bridgehead atoms. The van der Waals surface area contributed by atoms with Gasteiger partial charge < -0.3 is 10.1 Å². The average molecular weight is 141 g/mol. The van der Waals surface area contributed by atoms with Crippen molar-refractivity contribution in [3.63, 3.8) is 0 Å². The van der Waals surface area contributed by atoms with Crippen molar-refractivity contribution in [2.75, 3.05) is 7.05 Å². The van der Waals surface area contributed by atoms with Crippen LogP contribution in [0, 0.1) is 5.92 Å². The molecule has 0 aromatic rings. The van der Waals surface area contributed by atoms with Crippen molar-refractivity contribution >= 4 is 6.29 Å². The molecule has 10 heavy (non-hydrogen) atoms. The fourth-order valence-corrected chi connectivity index (χ4v) is 0.739. The highest BCUT2D eigenvalue weighted by molar-refractivity contribution is 5.49. The van der Waals surface area contributed by atoms with E-state index in [1.807, 2.05) is 7.05 Å². The molecule has 2 heteroatoms. The number of carbonyl (C=O) groups excluding carboxylic acids is 1. The molecule has 0 aliphatic heterocycles. The lowest BCUT2D eigenvalue weighted by Crippen LogP contribution is -2.12. The Labute approximate surface area is 62.3 Å². The molecule has 0 aromatic carbocycles. The normalized spacial score (nSPS) is 12.2. The Hall–Kier alpha value is -0.790. The van der Waals surface area contributed by atoms with Crippen LogP contribution in [-0.4, -0.2) is 13.3 Å². The average Bonchev–Trinajstić information content (AvgIpc) is 1.98. The van der Waals surface area contributed by atoms with E-state index >= 15 is 0 Å². The summed E-state index contributed by atoms with van der Waals surface area (Å²) in [5.74, 6) is 0.398. The third kappa shape index (κ3) is 3.28. The minimum absolute atomic E-state index is 0.398. The summed E-state index contributed by atoms with van der Waals surface area (Å²) >= 11 is 0. The zero-order chi connectivity index (χ0) is 7.98. The Kier molecular flexibility index (Phi) is 4.63. The summed E-state index contributed by atoms with van der Waals surface area (Å²) in [5.41, 5.74) is 1.00. The predicted molar refractivity (Wildman–Crippen MR) is 42.7 cm³/mol. The van der Waals surface area contributed by atoms with Gasteiger partial charge in [-0.05, 0) is 12.3 Å². The van der Waals surface area contributed by atoms with Crippen LogP contribution in [0.5, 0.6) is 0 Å². The molecular weight excluding hydrogens is 126 g/mol. The first-order chi connectivity index (χ1) is 4.72. The van der Waals surface area contributed by atoms with E-state index in [4.69, 9.17) is 0 Å². The standard InChI is InChI=1S/C8H15NO/c1-7(5-4-6-10)8(2)9-3/h6-7,9H,2,4-5H2,1,3H3. The zero-order valence-corrected chi connectivity index (χ0v) is 6.68. The second-order valence-electron chi connectivity index (χ2n) is 2.42. The van der Waals surface area contributed by atoms with E-state index in [0.717, 1.165) is 18.4 Å². The van der Waals surface area contributed by atoms with Crippen molar-refractivity contribution < 1.29 is 4.79 Å². The number of aldehydes is 1. The molecule has 0 aliphatic carbocycles. The van der Waals surface area contributed by atoms with Gasteiger partial charge in [-0.15, -0.1) is 0 Å². The Morgan fingerprint density at radius 2 is 2.40 bits per heavy atom. The summed E-state index contributed by atoms with van der Waals surface area (Å²) in [4.78, 5) is 9.97. The maximum atomic E-state index is 9.97. The van der Waals surface area contributed by atoms with Gasteiger partial charge in [-0.2, -0.15) is 0 Å². The molecule has 2 nitrogen and oxygen atoms in total. The van der Waals surface area contributed by atoms with Crippen LogP contribution in [0.2, 0.25) is 0 Å². The monoisotopic (exact) mass is 141 g/mol. The topological polar surface area (TPSA) is 29.1 Å². The van der Waals surface area contributed by atoms with E-state index in [1.54, 1.807) is 0 Å². The van der Waals surface area contributed by atoms with Gasteiger partial charge in [0.1, 0.15) is 6.29 Å². The van der Waals surface area contributed by atoms with Crippen LogP contribution in [0.3, 0.4) is 0 Å². The smallest absolute Gasteiger partial charge is 0.120 e. The van der Waals surface area contributed by atoms with Gasteiger partial charge in [-0.1, -0.05) is 13.5 Å². The molecule has 0 saturated carbocycles. The molecule has 0 fully saturated rings. The molecule has 0 aromatic heterocycles. The minimum atomic E-state index is 0.398. The summed E-state index contributed by atoms with van der Waals surface area (Å²) in [7, 11) is 1.85. The van der Waals surface area contributed by atoms with Crippen LogP contribution < -0.4 is 5.32 Å². The quantitative estimate of drug-likeness (QED) is 0.585. The van der Waals surface area contributed by atoms with Crippen molar-refractivity contribution in [2.45, 2.75) is 19.8 Å². The minimum Gasteiger partial charge on any atom is -0.392 e. The highest BCUT2D eigenvalue weighted by Gasteiger charge is 2.02. The van der Waals surface area contributed by atoms with Crippen LogP contribution in [0.4, 0.5) is 0 Å². The molecule has 0 saturated heterocycles. The van der Waals surface area contributed by atoms with Crippen LogP contribution >= 0.6 is 0 Å². The van der Waals surface area contributed by atoms with E-state index in [1.165, 1.54) is 0 Å². The van der Waals surface area contributed by atoms with Crippen molar-refractivity contribution in [2.24, 2.45) is 5.92 Å². The molecule has 58 valence electrons. The number of rotatable bonds is 5. The molecule has 0 heterocycles. The Balaban J connectivity index is 3.50. The van der Waals surface area contributed by atoms with Crippen LogP contribution in [-0.2, 0) is 4.79 Å². The number of nitrogens with one attached hydrogen (secondary N) is 1. The number of hydrogen-bond donors (Lipinski definition) is 1. The zero-order valence-electron chi connectivity index (χ0n) is 6.68. The van der Waals surface area contributed by atoms with Crippen molar-refractivity contribution in [3.8, 4) is 0 Å². The van der Waals surface area contributed by atoms with Crippen molar-refractivity contribution in [3.05, 3.63) is 12.3 Å². The van der Waals surface area contributed by atoms with Gasteiger partial charge in [-0.3, -0.25) is 0 Å².